The zero-order chi connectivity index (χ0) is 23.2. The van der Waals surface area contributed by atoms with E-state index in [1.165, 1.54) is 19.3 Å². The van der Waals surface area contributed by atoms with Crippen LogP contribution in [0.5, 0.6) is 5.75 Å². The molecule has 35 heavy (non-hydrogen) atoms. The van der Waals surface area contributed by atoms with Crippen LogP contribution in [0.4, 0.5) is 0 Å². The summed E-state index contributed by atoms with van der Waals surface area (Å²) >= 11 is 0. The van der Waals surface area contributed by atoms with Crippen molar-refractivity contribution in [1.29, 1.82) is 0 Å². The Labute approximate surface area is 222 Å². The molecule has 0 bridgehead atoms. The van der Waals surface area contributed by atoms with Crippen LogP contribution in [0, 0.1) is 0 Å². The molecule has 0 N–H and O–H groups in total. The summed E-state index contributed by atoms with van der Waals surface area (Å²) in [5.41, 5.74) is 0.547. The van der Waals surface area contributed by atoms with Gasteiger partial charge in [0.05, 0.1) is 12.7 Å². The number of hydrogen-bond donors (Lipinski definition) is 0. The molecule has 198 valence electrons. The van der Waals surface area contributed by atoms with Gasteiger partial charge in [-0.05, 0) is 58.0 Å². The topological polar surface area (TPSA) is 56.3 Å². The van der Waals surface area contributed by atoms with Gasteiger partial charge < -0.3 is 19.4 Å². The van der Waals surface area contributed by atoms with Gasteiger partial charge in [0.15, 0.2) is 0 Å². The van der Waals surface area contributed by atoms with Crippen molar-refractivity contribution in [2.45, 2.75) is 57.0 Å². The Hall–Kier alpha value is -1.54. The number of carbonyl (C=O) groups is 2. The maximum Gasteiger partial charge on any atom is 0.258 e. The number of rotatable bonds is 6. The van der Waals surface area contributed by atoms with Crippen molar-refractivity contribution < 1.29 is 14.3 Å². The summed E-state index contributed by atoms with van der Waals surface area (Å²) in [5, 5.41) is 0. The molecule has 7 nitrogen and oxygen atoms in total. The lowest BCUT2D eigenvalue weighted by Crippen LogP contribution is -2.56. The number of piperidine rings is 1. The lowest BCUT2D eigenvalue weighted by molar-refractivity contribution is -0.134. The molecule has 2 aliphatic heterocycles. The molecule has 0 radical (unpaired) electrons. The van der Waals surface area contributed by atoms with Crippen molar-refractivity contribution >= 4 is 36.6 Å². The molecular formula is C26H42Cl2N4O3. The minimum absolute atomic E-state index is 0. The first-order chi connectivity index (χ1) is 16.1. The summed E-state index contributed by atoms with van der Waals surface area (Å²) in [5.74, 6) is 0.562. The van der Waals surface area contributed by atoms with E-state index in [1.807, 2.05) is 34.1 Å². The van der Waals surface area contributed by atoms with Gasteiger partial charge in [-0.15, -0.1) is 24.8 Å². The third-order valence-electron chi connectivity index (χ3n) is 7.79. The van der Waals surface area contributed by atoms with Gasteiger partial charge in [-0.1, -0.05) is 31.4 Å². The van der Waals surface area contributed by atoms with Gasteiger partial charge in [0.1, 0.15) is 12.3 Å². The van der Waals surface area contributed by atoms with E-state index in [1.54, 1.807) is 7.11 Å². The molecule has 1 aliphatic carbocycles. The molecule has 2 heterocycles. The summed E-state index contributed by atoms with van der Waals surface area (Å²) in [7, 11) is 3.78. The minimum Gasteiger partial charge on any atom is -0.496 e. The molecule has 1 saturated carbocycles. The van der Waals surface area contributed by atoms with Gasteiger partial charge in [-0.2, -0.15) is 0 Å². The van der Waals surface area contributed by atoms with Crippen LogP contribution in [0.25, 0.3) is 0 Å². The quantitative estimate of drug-likeness (QED) is 0.565. The molecule has 3 aliphatic rings. The van der Waals surface area contributed by atoms with Gasteiger partial charge in [-0.25, -0.2) is 0 Å². The molecule has 1 aromatic rings. The second-order valence-corrected chi connectivity index (χ2v) is 9.88. The van der Waals surface area contributed by atoms with Gasteiger partial charge in [0, 0.05) is 38.3 Å². The minimum atomic E-state index is -0.0855. The lowest BCUT2D eigenvalue weighted by Gasteiger charge is -2.43. The van der Waals surface area contributed by atoms with E-state index >= 15 is 0 Å². The first-order valence-corrected chi connectivity index (χ1v) is 12.7. The van der Waals surface area contributed by atoms with Crippen molar-refractivity contribution in [2.75, 3.05) is 60.0 Å². The van der Waals surface area contributed by atoms with Crippen molar-refractivity contribution in [2.24, 2.45) is 0 Å². The first-order valence-electron chi connectivity index (χ1n) is 12.7. The van der Waals surface area contributed by atoms with Crippen LogP contribution in [-0.2, 0) is 4.79 Å². The van der Waals surface area contributed by atoms with Crippen molar-refractivity contribution in [1.82, 2.24) is 19.6 Å². The van der Waals surface area contributed by atoms with E-state index in [4.69, 9.17) is 4.74 Å². The number of carbonyl (C=O) groups excluding carboxylic acids is 2. The third kappa shape index (κ3) is 7.48. The predicted molar refractivity (Wildman–Crippen MR) is 144 cm³/mol. The normalized spacial score (nSPS) is 20.5. The van der Waals surface area contributed by atoms with Gasteiger partial charge in [0.2, 0.25) is 5.91 Å². The number of nitrogens with zero attached hydrogens (tertiary/aromatic N) is 4. The van der Waals surface area contributed by atoms with E-state index in [9.17, 15) is 9.59 Å². The molecule has 0 aromatic heterocycles. The van der Waals surface area contributed by atoms with E-state index in [0.29, 0.717) is 17.4 Å². The highest BCUT2D eigenvalue weighted by Gasteiger charge is 2.33. The van der Waals surface area contributed by atoms with Crippen LogP contribution in [0.3, 0.4) is 0 Å². The molecule has 1 aromatic carbocycles. The van der Waals surface area contributed by atoms with Crippen molar-refractivity contribution in [3.8, 4) is 5.75 Å². The van der Waals surface area contributed by atoms with E-state index in [0.717, 1.165) is 65.0 Å². The number of ether oxygens (including phenoxy) is 1. The standard InChI is InChI=1S/C26H40N4O3.2ClH/c1-27-14-12-21(13-15-27)28-16-18-29(19-17-28)25(31)20-30(22-8-4-3-5-9-22)26(32)23-10-6-7-11-24(23)33-2;;/h6-7,10-11,21-22H,3-5,8-9,12-20H2,1-2H3;2*1H. The molecule has 2 amide bonds. The third-order valence-corrected chi connectivity index (χ3v) is 7.79. The molecule has 0 atom stereocenters. The summed E-state index contributed by atoms with van der Waals surface area (Å²) in [6, 6.07) is 8.12. The van der Waals surface area contributed by atoms with Crippen molar-refractivity contribution in [3.63, 3.8) is 0 Å². The number of methoxy groups -OCH3 is 1. The molecule has 9 heteroatoms. The smallest absolute Gasteiger partial charge is 0.258 e. The summed E-state index contributed by atoms with van der Waals surface area (Å²) < 4.78 is 5.45. The molecule has 3 fully saturated rings. The molecule has 0 spiro atoms. The zero-order valence-electron chi connectivity index (χ0n) is 21.2. The van der Waals surface area contributed by atoms with E-state index in [2.05, 4.69) is 16.8 Å². The Morgan fingerprint density at radius 2 is 1.54 bits per heavy atom. The van der Waals surface area contributed by atoms with Crippen LogP contribution in [0.2, 0.25) is 0 Å². The number of piperazine rings is 1. The number of likely N-dealkylation sites (tertiary alicyclic amines) is 1. The van der Waals surface area contributed by atoms with E-state index < -0.39 is 0 Å². The predicted octanol–water partition coefficient (Wildman–Crippen LogP) is 3.55. The molecule has 2 saturated heterocycles. The van der Waals surface area contributed by atoms with Crippen LogP contribution in [0.15, 0.2) is 24.3 Å². The van der Waals surface area contributed by atoms with E-state index in [-0.39, 0.29) is 49.2 Å². The summed E-state index contributed by atoms with van der Waals surface area (Å²) in [6.45, 7) is 5.86. The van der Waals surface area contributed by atoms with Crippen LogP contribution >= 0.6 is 24.8 Å². The van der Waals surface area contributed by atoms with Crippen LogP contribution in [-0.4, -0.2) is 103 Å². The van der Waals surface area contributed by atoms with Crippen molar-refractivity contribution in [3.05, 3.63) is 29.8 Å². The molecular weight excluding hydrogens is 487 g/mol. The molecule has 4 rings (SSSR count). The first kappa shape index (κ1) is 29.7. The second-order valence-electron chi connectivity index (χ2n) is 9.88. The number of para-hydroxylation sites is 1. The Bertz CT molecular complexity index is 806. The zero-order valence-corrected chi connectivity index (χ0v) is 22.8. The van der Waals surface area contributed by atoms with Gasteiger partial charge in [-0.3, -0.25) is 14.5 Å². The monoisotopic (exact) mass is 528 g/mol. The fourth-order valence-electron chi connectivity index (χ4n) is 5.68. The summed E-state index contributed by atoms with van der Waals surface area (Å²) in [4.78, 5) is 35.7. The average Bonchev–Trinajstić information content (AvgIpc) is 2.88. The largest absolute Gasteiger partial charge is 0.496 e. The Morgan fingerprint density at radius 1 is 0.914 bits per heavy atom. The maximum atomic E-state index is 13.6. The highest BCUT2D eigenvalue weighted by Crippen LogP contribution is 2.27. The number of benzene rings is 1. The van der Waals surface area contributed by atoms with Crippen LogP contribution in [0.1, 0.15) is 55.3 Å². The fourth-order valence-corrected chi connectivity index (χ4v) is 5.68. The highest BCUT2D eigenvalue weighted by atomic mass is 35.5. The summed E-state index contributed by atoms with van der Waals surface area (Å²) in [6.07, 6.45) is 7.81. The Kier molecular flexibility index (Phi) is 12.1. The van der Waals surface area contributed by atoms with Gasteiger partial charge in [0.25, 0.3) is 5.91 Å². The number of amides is 2. The Balaban J connectivity index is 0.00000216. The molecule has 0 unspecified atom stereocenters. The fraction of sp³-hybridized carbons (Fsp3) is 0.692. The lowest BCUT2D eigenvalue weighted by atomic mass is 9.93. The number of hydrogen-bond acceptors (Lipinski definition) is 5. The van der Waals surface area contributed by atoms with Crippen LogP contribution < -0.4 is 4.74 Å². The average molecular weight is 530 g/mol. The van der Waals surface area contributed by atoms with Gasteiger partial charge >= 0.3 is 0 Å². The maximum absolute atomic E-state index is 13.6. The Morgan fingerprint density at radius 3 is 2.17 bits per heavy atom. The highest BCUT2D eigenvalue weighted by molar-refractivity contribution is 5.99. The SMILES string of the molecule is COc1ccccc1C(=O)N(CC(=O)N1CCN(C2CCN(C)CC2)CC1)C1CCCCC1.Cl.Cl. The number of halogens is 2. The second kappa shape index (κ2) is 14.3.